The third-order valence-corrected chi connectivity index (χ3v) is 2.56. The van der Waals surface area contributed by atoms with Gasteiger partial charge in [0, 0.05) is 11.6 Å². The number of rotatable bonds is 3. The molecule has 0 radical (unpaired) electrons. The van der Waals surface area contributed by atoms with Gasteiger partial charge in [-0.2, -0.15) is 5.26 Å². The smallest absolute Gasteiger partial charge is 0.252 e. The first-order valence-electron chi connectivity index (χ1n) is 5.42. The number of methoxy groups -OCH3 is 1. The summed E-state index contributed by atoms with van der Waals surface area (Å²) in [6.45, 7) is 1.86. The van der Waals surface area contributed by atoms with E-state index in [1.807, 2.05) is 31.2 Å². The molecule has 0 bridgehead atoms. The average molecular weight is 243 g/mol. The van der Waals surface area contributed by atoms with Crippen molar-refractivity contribution in [2.75, 3.05) is 7.11 Å². The Morgan fingerprint density at radius 3 is 2.83 bits per heavy atom. The van der Waals surface area contributed by atoms with Crippen molar-refractivity contribution < 1.29 is 4.74 Å². The summed E-state index contributed by atoms with van der Waals surface area (Å²) in [6, 6.07) is 7.21. The summed E-state index contributed by atoms with van der Waals surface area (Å²) in [4.78, 5) is 3.88. The molecular formula is C12H13N5O. The van der Waals surface area contributed by atoms with Crippen LogP contribution in [0.2, 0.25) is 0 Å². The van der Waals surface area contributed by atoms with E-state index in [1.54, 1.807) is 7.11 Å². The second-order valence-electron chi connectivity index (χ2n) is 3.81. The quantitative estimate of drug-likeness (QED) is 0.873. The van der Waals surface area contributed by atoms with Crippen molar-refractivity contribution in [1.29, 1.82) is 5.26 Å². The van der Waals surface area contributed by atoms with E-state index in [2.05, 4.69) is 10.1 Å². The van der Waals surface area contributed by atoms with Gasteiger partial charge in [0.05, 0.1) is 12.8 Å². The molecule has 0 aliphatic heterocycles. The van der Waals surface area contributed by atoms with Gasteiger partial charge in [0.2, 0.25) is 0 Å². The number of benzene rings is 1. The molecule has 1 aromatic carbocycles. The second kappa shape index (κ2) is 4.85. The predicted molar refractivity (Wildman–Crippen MR) is 65.2 cm³/mol. The Balaban J connectivity index is 2.60. The third kappa shape index (κ3) is 2.04. The summed E-state index contributed by atoms with van der Waals surface area (Å²) < 4.78 is 6.82. The van der Waals surface area contributed by atoms with Crippen molar-refractivity contribution in [3.63, 3.8) is 0 Å². The Morgan fingerprint density at radius 2 is 2.28 bits per heavy atom. The Morgan fingerprint density at radius 1 is 1.50 bits per heavy atom. The lowest BCUT2D eigenvalue weighted by molar-refractivity contribution is 0.406. The van der Waals surface area contributed by atoms with E-state index in [0.717, 1.165) is 11.3 Å². The lowest BCUT2D eigenvalue weighted by Crippen LogP contribution is -2.12. The molecule has 0 aliphatic carbocycles. The molecule has 6 heteroatoms. The van der Waals surface area contributed by atoms with Crippen LogP contribution in [0.3, 0.4) is 0 Å². The van der Waals surface area contributed by atoms with Gasteiger partial charge in [-0.05, 0) is 19.1 Å². The van der Waals surface area contributed by atoms with Gasteiger partial charge in [0.15, 0.2) is 0 Å². The highest BCUT2D eigenvalue weighted by Gasteiger charge is 2.15. The van der Waals surface area contributed by atoms with E-state index in [9.17, 15) is 0 Å². The minimum absolute atomic E-state index is 0.119. The third-order valence-electron chi connectivity index (χ3n) is 2.56. The van der Waals surface area contributed by atoms with Crippen LogP contribution < -0.4 is 10.5 Å². The standard InChI is InChI=1S/C12H13N5O/c1-8(14)12-9(4-3-5-10(12)18-2)17-7-15-11(6-13)16-17/h3-5,7-8H,14H2,1-2H3. The van der Waals surface area contributed by atoms with E-state index >= 15 is 0 Å². The van der Waals surface area contributed by atoms with Crippen LogP contribution in [0.25, 0.3) is 5.69 Å². The number of nitrogens with zero attached hydrogens (tertiary/aromatic N) is 4. The Bertz CT molecular complexity index is 597. The van der Waals surface area contributed by atoms with Crippen molar-refractivity contribution in [1.82, 2.24) is 14.8 Å². The predicted octanol–water partition coefficient (Wildman–Crippen LogP) is 1.17. The van der Waals surface area contributed by atoms with E-state index in [1.165, 1.54) is 11.0 Å². The fraction of sp³-hybridized carbons (Fsp3) is 0.250. The van der Waals surface area contributed by atoms with Crippen LogP contribution in [0.15, 0.2) is 24.5 Å². The minimum Gasteiger partial charge on any atom is -0.496 e. The van der Waals surface area contributed by atoms with Gasteiger partial charge in [-0.3, -0.25) is 0 Å². The molecule has 1 heterocycles. The normalized spacial score (nSPS) is 11.9. The maximum atomic E-state index is 8.74. The molecular weight excluding hydrogens is 230 g/mol. The number of nitrogens with two attached hydrogens (primary N) is 1. The summed E-state index contributed by atoms with van der Waals surface area (Å²) in [5.74, 6) is 0.810. The van der Waals surface area contributed by atoms with Crippen LogP contribution in [0.1, 0.15) is 24.4 Å². The van der Waals surface area contributed by atoms with E-state index in [4.69, 9.17) is 15.7 Å². The van der Waals surface area contributed by atoms with Gasteiger partial charge < -0.3 is 10.5 Å². The molecule has 0 saturated heterocycles. The van der Waals surface area contributed by atoms with Crippen LogP contribution >= 0.6 is 0 Å². The first-order chi connectivity index (χ1) is 8.67. The monoisotopic (exact) mass is 243 g/mol. The molecule has 1 unspecified atom stereocenters. The van der Waals surface area contributed by atoms with Crippen molar-refractivity contribution >= 4 is 0 Å². The van der Waals surface area contributed by atoms with E-state index < -0.39 is 0 Å². The number of hydrogen-bond acceptors (Lipinski definition) is 5. The fourth-order valence-corrected chi connectivity index (χ4v) is 1.80. The SMILES string of the molecule is COc1cccc(-n2cnc(C#N)n2)c1C(C)N. The maximum Gasteiger partial charge on any atom is 0.252 e. The van der Waals surface area contributed by atoms with Crippen LogP contribution in [0, 0.1) is 11.3 Å². The molecule has 2 aromatic rings. The first-order valence-corrected chi connectivity index (χ1v) is 5.42. The molecule has 0 fully saturated rings. The summed E-state index contributed by atoms with van der Waals surface area (Å²) in [7, 11) is 1.59. The summed E-state index contributed by atoms with van der Waals surface area (Å²) in [6.07, 6.45) is 1.49. The molecule has 0 spiro atoms. The lowest BCUT2D eigenvalue weighted by atomic mass is 10.1. The van der Waals surface area contributed by atoms with Gasteiger partial charge in [-0.25, -0.2) is 9.67 Å². The summed E-state index contributed by atoms with van der Waals surface area (Å²) in [5, 5.41) is 12.8. The van der Waals surface area contributed by atoms with Crippen molar-refractivity contribution in [2.45, 2.75) is 13.0 Å². The molecule has 0 amide bonds. The number of ether oxygens (including phenoxy) is 1. The molecule has 2 N–H and O–H groups in total. The van der Waals surface area contributed by atoms with Crippen molar-refractivity contribution in [3.05, 3.63) is 35.9 Å². The Kier molecular flexibility index (Phi) is 3.26. The molecule has 2 rings (SSSR count). The minimum atomic E-state index is -0.217. The van der Waals surface area contributed by atoms with Gasteiger partial charge in [0.25, 0.3) is 5.82 Å². The van der Waals surface area contributed by atoms with E-state index in [0.29, 0.717) is 5.75 Å². The van der Waals surface area contributed by atoms with Gasteiger partial charge in [-0.15, -0.1) is 5.10 Å². The van der Waals surface area contributed by atoms with Crippen LogP contribution in [0.4, 0.5) is 0 Å². The second-order valence-corrected chi connectivity index (χ2v) is 3.81. The number of hydrogen-bond donors (Lipinski definition) is 1. The van der Waals surface area contributed by atoms with Crippen molar-refractivity contribution in [2.24, 2.45) is 5.73 Å². The van der Waals surface area contributed by atoms with Crippen molar-refractivity contribution in [3.8, 4) is 17.5 Å². The molecule has 1 aromatic heterocycles. The number of aromatic nitrogens is 3. The molecule has 18 heavy (non-hydrogen) atoms. The van der Waals surface area contributed by atoms with Gasteiger partial charge >= 0.3 is 0 Å². The maximum absolute atomic E-state index is 8.74. The van der Waals surface area contributed by atoms with Gasteiger partial charge in [0.1, 0.15) is 18.1 Å². The van der Waals surface area contributed by atoms with E-state index in [-0.39, 0.29) is 11.9 Å². The molecule has 0 aliphatic rings. The summed E-state index contributed by atoms with van der Waals surface area (Å²) >= 11 is 0. The highest BCUT2D eigenvalue weighted by Crippen LogP contribution is 2.29. The molecule has 92 valence electrons. The highest BCUT2D eigenvalue weighted by atomic mass is 16.5. The topological polar surface area (TPSA) is 89.8 Å². The molecule has 1 atom stereocenters. The zero-order valence-corrected chi connectivity index (χ0v) is 10.2. The molecule has 6 nitrogen and oxygen atoms in total. The van der Waals surface area contributed by atoms with Crippen LogP contribution in [0.5, 0.6) is 5.75 Å². The lowest BCUT2D eigenvalue weighted by Gasteiger charge is -2.16. The highest BCUT2D eigenvalue weighted by molar-refractivity contribution is 5.50. The first kappa shape index (κ1) is 12.1. The van der Waals surface area contributed by atoms with Crippen LogP contribution in [-0.2, 0) is 0 Å². The molecule has 0 saturated carbocycles. The number of nitriles is 1. The largest absolute Gasteiger partial charge is 0.496 e. The fourth-order valence-electron chi connectivity index (χ4n) is 1.80. The van der Waals surface area contributed by atoms with Crippen LogP contribution in [-0.4, -0.2) is 21.9 Å². The Labute approximate surface area is 105 Å². The zero-order valence-electron chi connectivity index (χ0n) is 10.2. The summed E-state index contributed by atoms with van der Waals surface area (Å²) in [5.41, 5.74) is 7.55. The zero-order chi connectivity index (χ0) is 13.1. The average Bonchev–Trinajstić information content (AvgIpc) is 2.86. The Hall–Kier alpha value is -2.39. The van der Waals surface area contributed by atoms with Gasteiger partial charge in [-0.1, -0.05) is 6.07 Å².